The highest BCUT2D eigenvalue weighted by Crippen LogP contribution is 2.23. The summed E-state index contributed by atoms with van der Waals surface area (Å²) >= 11 is 0. The second-order valence-electron chi connectivity index (χ2n) is 4.51. The molecule has 1 aromatic heterocycles. The smallest absolute Gasteiger partial charge is 0.339 e. The van der Waals surface area contributed by atoms with Crippen molar-refractivity contribution in [1.82, 2.24) is 4.98 Å². The van der Waals surface area contributed by atoms with Crippen LogP contribution in [0, 0.1) is 18.3 Å². The van der Waals surface area contributed by atoms with Gasteiger partial charge >= 0.3 is 10.1 Å². The number of rotatable bonds is 4. The zero-order valence-corrected chi connectivity index (χ0v) is 12.5. The number of nitriles is 1. The van der Waals surface area contributed by atoms with E-state index in [1.54, 1.807) is 12.1 Å². The molecule has 0 N–H and O–H groups in total. The fourth-order valence-electron chi connectivity index (χ4n) is 1.70. The molecule has 5 nitrogen and oxygen atoms in total. The molecule has 0 saturated carbocycles. The Morgan fingerprint density at radius 3 is 2.52 bits per heavy atom. The van der Waals surface area contributed by atoms with Crippen LogP contribution < -0.4 is 4.18 Å². The minimum Gasteiger partial charge on any atom is -0.376 e. The van der Waals surface area contributed by atoms with Gasteiger partial charge in [-0.1, -0.05) is 24.6 Å². The highest BCUT2D eigenvalue weighted by Gasteiger charge is 2.19. The monoisotopic (exact) mass is 302 g/mol. The van der Waals surface area contributed by atoms with Gasteiger partial charge in [0, 0.05) is 6.20 Å². The molecule has 21 heavy (non-hydrogen) atoms. The third-order valence-corrected chi connectivity index (χ3v) is 4.18. The Balaban J connectivity index is 2.41. The predicted octanol–water partition coefficient (Wildman–Crippen LogP) is 2.59. The van der Waals surface area contributed by atoms with Crippen LogP contribution in [0.4, 0.5) is 0 Å². The van der Waals surface area contributed by atoms with Crippen molar-refractivity contribution in [3.8, 4) is 11.8 Å². The van der Waals surface area contributed by atoms with Crippen LogP contribution in [0.1, 0.15) is 23.7 Å². The molecule has 0 aliphatic rings. The Morgan fingerprint density at radius 1 is 1.29 bits per heavy atom. The Hall–Kier alpha value is -2.39. The Labute approximate surface area is 124 Å². The number of hydrogen-bond acceptors (Lipinski definition) is 5. The van der Waals surface area contributed by atoms with E-state index in [0.29, 0.717) is 6.42 Å². The molecule has 2 aromatic rings. The number of pyridine rings is 1. The lowest BCUT2D eigenvalue weighted by Gasteiger charge is -2.09. The lowest BCUT2D eigenvalue weighted by molar-refractivity contribution is 0.483. The number of aromatic nitrogens is 1. The fraction of sp³-hybridized carbons (Fsp3) is 0.200. The van der Waals surface area contributed by atoms with Gasteiger partial charge in [0.1, 0.15) is 11.0 Å². The summed E-state index contributed by atoms with van der Waals surface area (Å²) in [7, 11) is -3.98. The number of nitrogens with zero attached hydrogens (tertiary/aromatic N) is 2. The Bertz CT molecular complexity index is 791. The van der Waals surface area contributed by atoms with Crippen molar-refractivity contribution in [2.75, 3.05) is 0 Å². The summed E-state index contributed by atoms with van der Waals surface area (Å²) in [6.45, 7) is 3.76. The van der Waals surface area contributed by atoms with Crippen LogP contribution >= 0.6 is 0 Å². The van der Waals surface area contributed by atoms with Crippen molar-refractivity contribution in [2.24, 2.45) is 0 Å². The molecule has 0 aliphatic carbocycles. The van der Waals surface area contributed by atoms with Gasteiger partial charge in [-0.2, -0.15) is 13.7 Å². The summed E-state index contributed by atoms with van der Waals surface area (Å²) in [6, 6.07) is 9.65. The van der Waals surface area contributed by atoms with E-state index in [9.17, 15) is 8.42 Å². The maximum Gasteiger partial charge on any atom is 0.339 e. The minimum absolute atomic E-state index is 0.0406. The molecular formula is C15H14N2O3S. The van der Waals surface area contributed by atoms with Gasteiger partial charge in [0.25, 0.3) is 0 Å². The van der Waals surface area contributed by atoms with Gasteiger partial charge in [-0.25, -0.2) is 4.98 Å². The summed E-state index contributed by atoms with van der Waals surface area (Å²) < 4.78 is 29.5. The molecule has 0 saturated heterocycles. The molecular weight excluding hydrogens is 288 g/mol. The highest BCUT2D eigenvalue weighted by atomic mass is 32.2. The molecule has 0 radical (unpaired) electrons. The summed E-state index contributed by atoms with van der Waals surface area (Å²) in [5.41, 5.74) is 1.69. The lowest BCUT2D eigenvalue weighted by Crippen LogP contribution is -2.11. The molecule has 108 valence electrons. The number of benzene rings is 1. The van der Waals surface area contributed by atoms with E-state index in [-0.39, 0.29) is 16.3 Å². The first-order valence-electron chi connectivity index (χ1n) is 6.36. The first-order valence-corrected chi connectivity index (χ1v) is 7.77. The van der Waals surface area contributed by atoms with Gasteiger partial charge in [-0.3, -0.25) is 0 Å². The number of hydrogen-bond donors (Lipinski definition) is 0. The standard InChI is InChI=1S/C15H14N2O3S/c1-3-12-8-15(14(9-16)17-10-12)20-21(18,19)13-6-4-11(2)5-7-13/h4-8,10H,3H2,1-2H3. The molecule has 0 bridgehead atoms. The van der Waals surface area contributed by atoms with Gasteiger partial charge in [0.15, 0.2) is 11.4 Å². The topological polar surface area (TPSA) is 80.0 Å². The molecule has 0 spiro atoms. The van der Waals surface area contributed by atoms with Gasteiger partial charge < -0.3 is 4.18 Å². The van der Waals surface area contributed by atoms with Crippen LogP contribution in [0.3, 0.4) is 0 Å². The molecule has 0 amide bonds. The van der Waals surface area contributed by atoms with Crippen LogP contribution in [0.15, 0.2) is 41.4 Å². The van der Waals surface area contributed by atoms with Crippen LogP contribution in [0.5, 0.6) is 5.75 Å². The molecule has 1 aromatic carbocycles. The fourth-order valence-corrected chi connectivity index (χ4v) is 2.63. The van der Waals surface area contributed by atoms with E-state index in [0.717, 1.165) is 11.1 Å². The van der Waals surface area contributed by atoms with Crippen molar-refractivity contribution in [2.45, 2.75) is 25.2 Å². The maximum atomic E-state index is 12.2. The molecule has 0 aliphatic heterocycles. The molecule has 1 heterocycles. The van der Waals surface area contributed by atoms with E-state index in [4.69, 9.17) is 9.44 Å². The van der Waals surface area contributed by atoms with Gasteiger partial charge in [0.2, 0.25) is 0 Å². The highest BCUT2D eigenvalue weighted by molar-refractivity contribution is 7.87. The average molecular weight is 302 g/mol. The second kappa shape index (κ2) is 5.94. The van der Waals surface area contributed by atoms with E-state index in [2.05, 4.69) is 4.98 Å². The molecule has 0 unspecified atom stereocenters. The average Bonchev–Trinajstić information content (AvgIpc) is 2.47. The summed E-state index contributed by atoms with van der Waals surface area (Å²) in [5.74, 6) is -0.0441. The van der Waals surface area contributed by atoms with E-state index >= 15 is 0 Å². The minimum atomic E-state index is -3.98. The van der Waals surface area contributed by atoms with Crippen LogP contribution in [-0.4, -0.2) is 13.4 Å². The van der Waals surface area contributed by atoms with Crippen LogP contribution in [0.25, 0.3) is 0 Å². The van der Waals surface area contributed by atoms with Gasteiger partial charge in [0.05, 0.1) is 0 Å². The van der Waals surface area contributed by atoms with Gasteiger partial charge in [-0.05, 0) is 37.1 Å². The largest absolute Gasteiger partial charge is 0.376 e. The zero-order chi connectivity index (χ0) is 15.5. The Kier molecular flexibility index (Phi) is 4.24. The first kappa shape index (κ1) is 15.0. The molecule has 0 atom stereocenters. The maximum absolute atomic E-state index is 12.2. The zero-order valence-electron chi connectivity index (χ0n) is 11.7. The second-order valence-corrected chi connectivity index (χ2v) is 6.05. The quantitative estimate of drug-likeness (QED) is 0.811. The third kappa shape index (κ3) is 3.38. The van der Waals surface area contributed by atoms with E-state index in [1.165, 1.54) is 24.4 Å². The summed E-state index contributed by atoms with van der Waals surface area (Å²) in [5, 5.41) is 9.00. The SMILES string of the molecule is CCc1cnc(C#N)c(OS(=O)(=O)c2ccc(C)cc2)c1. The van der Waals surface area contributed by atoms with Crippen LogP contribution in [-0.2, 0) is 16.5 Å². The normalized spacial score (nSPS) is 10.9. The van der Waals surface area contributed by atoms with Crippen molar-refractivity contribution in [3.05, 3.63) is 53.3 Å². The third-order valence-electron chi connectivity index (χ3n) is 2.93. The lowest BCUT2D eigenvalue weighted by atomic mass is 10.2. The van der Waals surface area contributed by atoms with Crippen molar-refractivity contribution in [3.63, 3.8) is 0 Å². The van der Waals surface area contributed by atoms with E-state index < -0.39 is 10.1 Å². The molecule has 2 rings (SSSR count). The first-order chi connectivity index (χ1) is 9.96. The van der Waals surface area contributed by atoms with Crippen molar-refractivity contribution >= 4 is 10.1 Å². The van der Waals surface area contributed by atoms with E-state index in [1.807, 2.05) is 19.9 Å². The predicted molar refractivity (Wildman–Crippen MR) is 77.3 cm³/mol. The van der Waals surface area contributed by atoms with Crippen LogP contribution in [0.2, 0.25) is 0 Å². The van der Waals surface area contributed by atoms with Crippen molar-refractivity contribution in [1.29, 1.82) is 5.26 Å². The Morgan fingerprint density at radius 2 is 1.95 bits per heavy atom. The van der Waals surface area contributed by atoms with Gasteiger partial charge in [-0.15, -0.1) is 0 Å². The van der Waals surface area contributed by atoms with Crippen molar-refractivity contribution < 1.29 is 12.6 Å². The summed E-state index contributed by atoms with van der Waals surface area (Å²) in [6.07, 6.45) is 2.20. The summed E-state index contributed by atoms with van der Waals surface area (Å²) in [4.78, 5) is 3.95. The molecule has 0 fully saturated rings. The number of aryl methyl sites for hydroxylation is 2. The molecule has 6 heteroatoms.